The number of rotatable bonds is 4. The molecule has 88 valence electrons. The second kappa shape index (κ2) is 4.87. The maximum Gasteiger partial charge on any atom is 0.310 e. The molecule has 2 N–H and O–H groups in total. The molecule has 0 atom stereocenters. The Labute approximate surface area is 104 Å². The molecule has 0 unspecified atom stereocenters. The molecule has 1 aromatic carbocycles. The Morgan fingerprint density at radius 3 is 2.69 bits per heavy atom. The molecule has 0 fully saturated rings. The molecule has 1 rings (SSSR count). The van der Waals surface area contributed by atoms with E-state index >= 15 is 0 Å². The first-order chi connectivity index (χ1) is 7.34. The molecule has 0 saturated heterocycles. The van der Waals surface area contributed by atoms with Gasteiger partial charge in [-0.3, -0.25) is 4.79 Å². The van der Waals surface area contributed by atoms with E-state index in [0.717, 1.165) is 15.7 Å². The lowest BCUT2D eigenvalue weighted by Gasteiger charge is -2.21. The van der Waals surface area contributed by atoms with Crippen LogP contribution in [-0.2, 0) is 4.79 Å². The number of carboxylic acid groups (broad SMARTS) is 1. The number of halogens is 1. The van der Waals surface area contributed by atoms with Crippen molar-refractivity contribution in [2.45, 2.75) is 20.8 Å². The lowest BCUT2D eigenvalue weighted by atomic mass is 9.93. The fourth-order valence-corrected chi connectivity index (χ4v) is 1.56. The number of hydrogen-bond acceptors (Lipinski definition) is 2. The molecule has 0 bridgehead atoms. The van der Waals surface area contributed by atoms with E-state index in [2.05, 4.69) is 21.2 Å². The Morgan fingerprint density at radius 1 is 1.50 bits per heavy atom. The van der Waals surface area contributed by atoms with Gasteiger partial charge >= 0.3 is 5.97 Å². The molecule has 0 amide bonds. The van der Waals surface area contributed by atoms with Crippen LogP contribution in [0.3, 0.4) is 0 Å². The topological polar surface area (TPSA) is 49.3 Å². The summed E-state index contributed by atoms with van der Waals surface area (Å²) in [5.41, 5.74) is 1.28. The Morgan fingerprint density at radius 2 is 2.12 bits per heavy atom. The smallest absolute Gasteiger partial charge is 0.310 e. The standard InChI is InChI=1S/C12H16BrNO2/c1-8-9(13)5-4-6-10(8)14-7-12(2,3)11(15)16/h4-6,14H,7H2,1-3H3,(H,15,16). The third kappa shape index (κ3) is 2.98. The van der Waals surface area contributed by atoms with Gasteiger partial charge in [0.05, 0.1) is 5.41 Å². The van der Waals surface area contributed by atoms with Gasteiger partial charge in [0.1, 0.15) is 0 Å². The first-order valence-electron chi connectivity index (χ1n) is 5.07. The third-order valence-electron chi connectivity index (χ3n) is 2.57. The van der Waals surface area contributed by atoms with Crippen molar-refractivity contribution in [2.24, 2.45) is 5.41 Å². The number of benzene rings is 1. The van der Waals surface area contributed by atoms with Gasteiger partial charge in [-0.05, 0) is 38.5 Å². The summed E-state index contributed by atoms with van der Waals surface area (Å²) in [4.78, 5) is 10.9. The summed E-state index contributed by atoms with van der Waals surface area (Å²) < 4.78 is 1.02. The minimum absolute atomic E-state index is 0.402. The summed E-state index contributed by atoms with van der Waals surface area (Å²) in [6, 6.07) is 5.83. The highest BCUT2D eigenvalue weighted by atomic mass is 79.9. The lowest BCUT2D eigenvalue weighted by Crippen LogP contribution is -2.31. The molecular formula is C12H16BrNO2. The highest BCUT2D eigenvalue weighted by Crippen LogP contribution is 2.25. The summed E-state index contributed by atoms with van der Waals surface area (Å²) in [7, 11) is 0. The van der Waals surface area contributed by atoms with Crippen molar-refractivity contribution in [3.63, 3.8) is 0 Å². The fraction of sp³-hybridized carbons (Fsp3) is 0.417. The second-order valence-corrected chi connectivity index (χ2v) is 5.31. The second-order valence-electron chi connectivity index (χ2n) is 4.45. The predicted molar refractivity (Wildman–Crippen MR) is 68.8 cm³/mol. The highest BCUT2D eigenvalue weighted by molar-refractivity contribution is 9.10. The van der Waals surface area contributed by atoms with Crippen molar-refractivity contribution < 1.29 is 9.90 Å². The van der Waals surface area contributed by atoms with Crippen molar-refractivity contribution in [2.75, 3.05) is 11.9 Å². The van der Waals surface area contributed by atoms with Crippen LogP contribution in [0.15, 0.2) is 22.7 Å². The molecule has 1 aromatic rings. The minimum atomic E-state index is -0.798. The minimum Gasteiger partial charge on any atom is -0.481 e. The molecule has 0 aliphatic heterocycles. The van der Waals surface area contributed by atoms with Gasteiger partial charge in [-0.2, -0.15) is 0 Å². The van der Waals surface area contributed by atoms with Crippen molar-refractivity contribution >= 4 is 27.6 Å². The molecule has 0 radical (unpaired) electrons. The van der Waals surface area contributed by atoms with Gasteiger partial charge < -0.3 is 10.4 Å². The molecule has 0 aromatic heterocycles. The monoisotopic (exact) mass is 285 g/mol. The number of anilines is 1. The van der Waals surface area contributed by atoms with Gasteiger partial charge in [-0.1, -0.05) is 22.0 Å². The maximum absolute atomic E-state index is 10.9. The molecule has 3 nitrogen and oxygen atoms in total. The van der Waals surface area contributed by atoms with Gasteiger partial charge in [-0.25, -0.2) is 0 Å². The van der Waals surface area contributed by atoms with Crippen LogP contribution >= 0.6 is 15.9 Å². The summed E-state index contributed by atoms with van der Waals surface area (Å²) >= 11 is 3.44. The van der Waals surface area contributed by atoms with E-state index in [1.807, 2.05) is 25.1 Å². The maximum atomic E-state index is 10.9. The largest absolute Gasteiger partial charge is 0.481 e. The van der Waals surface area contributed by atoms with Crippen LogP contribution < -0.4 is 5.32 Å². The van der Waals surface area contributed by atoms with Gasteiger partial charge in [0.25, 0.3) is 0 Å². The van der Waals surface area contributed by atoms with Crippen molar-refractivity contribution in [1.29, 1.82) is 0 Å². The van der Waals surface area contributed by atoms with E-state index in [1.54, 1.807) is 13.8 Å². The zero-order valence-corrected chi connectivity index (χ0v) is 11.3. The molecule has 16 heavy (non-hydrogen) atoms. The SMILES string of the molecule is Cc1c(Br)cccc1NCC(C)(C)C(=O)O. The first-order valence-corrected chi connectivity index (χ1v) is 5.86. The van der Waals surface area contributed by atoms with E-state index < -0.39 is 11.4 Å². The Kier molecular flexibility index (Phi) is 3.97. The van der Waals surface area contributed by atoms with E-state index in [1.165, 1.54) is 0 Å². The van der Waals surface area contributed by atoms with Crippen molar-refractivity contribution in [3.05, 3.63) is 28.2 Å². The molecule has 4 heteroatoms. The van der Waals surface area contributed by atoms with Crippen LogP contribution in [0, 0.1) is 12.3 Å². The number of carbonyl (C=O) groups is 1. The third-order valence-corrected chi connectivity index (χ3v) is 3.43. The lowest BCUT2D eigenvalue weighted by molar-refractivity contribution is -0.146. The van der Waals surface area contributed by atoms with E-state index in [0.29, 0.717) is 6.54 Å². The zero-order chi connectivity index (χ0) is 12.3. The number of aliphatic carboxylic acids is 1. The van der Waals surface area contributed by atoms with Crippen molar-refractivity contribution in [3.8, 4) is 0 Å². The number of nitrogens with one attached hydrogen (secondary N) is 1. The number of carboxylic acids is 1. The first kappa shape index (κ1) is 13.0. The van der Waals surface area contributed by atoms with Crippen LogP contribution in [0.25, 0.3) is 0 Å². The normalized spacial score (nSPS) is 11.2. The van der Waals surface area contributed by atoms with E-state index in [4.69, 9.17) is 5.11 Å². The summed E-state index contributed by atoms with van der Waals surface area (Å²) in [5, 5.41) is 12.2. The Hall–Kier alpha value is -1.03. The van der Waals surface area contributed by atoms with E-state index in [9.17, 15) is 4.79 Å². The molecule has 0 spiro atoms. The van der Waals surface area contributed by atoms with Crippen LogP contribution in [0.2, 0.25) is 0 Å². The summed E-state index contributed by atoms with van der Waals surface area (Å²) in [6.07, 6.45) is 0. The molecule has 0 aliphatic carbocycles. The Bertz CT molecular complexity index is 402. The van der Waals surface area contributed by atoms with Crippen molar-refractivity contribution in [1.82, 2.24) is 0 Å². The molecule has 0 saturated carbocycles. The molecule has 0 heterocycles. The number of hydrogen-bond donors (Lipinski definition) is 2. The van der Waals surface area contributed by atoms with Crippen LogP contribution in [-0.4, -0.2) is 17.6 Å². The van der Waals surface area contributed by atoms with E-state index in [-0.39, 0.29) is 0 Å². The highest BCUT2D eigenvalue weighted by Gasteiger charge is 2.26. The average molecular weight is 286 g/mol. The van der Waals surface area contributed by atoms with Crippen LogP contribution in [0.4, 0.5) is 5.69 Å². The summed E-state index contributed by atoms with van der Waals surface area (Å²) in [5.74, 6) is -0.798. The van der Waals surface area contributed by atoms with Crippen LogP contribution in [0.5, 0.6) is 0 Å². The molecular weight excluding hydrogens is 270 g/mol. The quantitative estimate of drug-likeness (QED) is 0.893. The predicted octanol–water partition coefficient (Wildman–Crippen LogP) is 3.28. The van der Waals surface area contributed by atoms with Gasteiger partial charge in [0, 0.05) is 16.7 Å². The zero-order valence-electron chi connectivity index (χ0n) is 9.67. The Balaban J connectivity index is 2.76. The fourth-order valence-electron chi connectivity index (χ4n) is 1.19. The van der Waals surface area contributed by atoms with Gasteiger partial charge in [0.2, 0.25) is 0 Å². The molecule has 0 aliphatic rings. The van der Waals surface area contributed by atoms with Crippen LogP contribution in [0.1, 0.15) is 19.4 Å². The van der Waals surface area contributed by atoms with Gasteiger partial charge in [0.15, 0.2) is 0 Å². The summed E-state index contributed by atoms with van der Waals surface area (Å²) in [6.45, 7) is 5.80. The van der Waals surface area contributed by atoms with Gasteiger partial charge in [-0.15, -0.1) is 0 Å². The average Bonchev–Trinajstić information content (AvgIpc) is 2.20.